The van der Waals surface area contributed by atoms with Gasteiger partial charge in [0.15, 0.2) is 5.69 Å². The maximum atomic E-state index is 12.7. The molecule has 0 aliphatic rings. The van der Waals surface area contributed by atoms with E-state index in [0.29, 0.717) is 0 Å². The van der Waals surface area contributed by atoms with Crippen molar-refractivity contribution >= 4 is 17.5 Å². The maximum Gasteiger partial charge on any atom is 0.434 e. The smallest absolute Gasteiger partial charge is 0.352 e. The summed E-state index contributed by atoms with van der Waals surface area (Å²) >= 11 is 0. The van der Waals surface area contributed by atoms with Crippen LogP contribution in [-0.4, -0.2) is 33.3 Å². The van der Waals surface area contributed by atoms with Gasteiger partial charge in [-0.1, -0.05) is 0 Å². The number of amides is 2. The molecular formula is C15H17F3N4O2. The summed E-state index contributed by atoms with van der Waals surface area (Å²) in [6.45, 7) is 5.10. The highest BCUT2D eigenvalue weighted by atomic mass is 19.4. The highest BCUT2D eigenvalue weighted by Gasteiger charge is 2.34. The highest BCUT2D eigenvalue weighted by Crippen LogP contribution is 2.28. The molecule has 1 atom stereocenters. The molecule has 2 aromatic heterocycles. The summed E-state index contributed by atoms with van der Waals surface area (Å²) < 4.78 is 39.1. The van der Waals surface area contributed by atoms with Gasteiger partial charge in [0.1, 0.15) is 11.7 Å². The van der Waals surface area contributed by atoms with Gasteiger partial charge >= 0.3 is 6.18 Å². The number of imidazole rings is 1. The Morgan fingerprint density at radius 1 is 1.12 bits per heavy atom. The second-order valence-corrected chi connectivity index (χ2v) is 5.67. The van der Waals surface area contributed by atoms with Crippen molar-refractivity contribution in [1.29, 1.82) is 0 Å². The summed E-state index contributed by atoms with van der Waals surface area (Å²) in [6, 6.07) is 1.82. The molecular weight excluding hydrogens is 325 g/mol. The van der Waals surface area contributed by atoms with E-state index in [1.807, 2.05) is 0 Å². The molecule has 2 N–H and O–H groups in total. The maximum absolute atomic E-state index is 12.7. The zero-order valence-electron chi connectivity index (χ0n) is 13.3. The molecule has 1 unspecified atom stereocenters. The molecule has 0 spiro atoms. The molecule has 2 heterocycles. The molecule has 0 aliphatic heterocycles. The predicted molar refractivity (Wildman–Crippen MR) is 80.4 cm³/mol. The summed E-state index contributed by atoms with van der Waals surface area (Å²) in [6.07, 6.45) is -2.51. The number of hydrogen-bond acceptors (Lipinski definition) is 3. The zero-order chi connectivity index (χ0) is 18.1. The van der Waals surface area contributed by atoms with Gasteiger partial charge in [-0.2, -0.15) is 13.2 Å². The molecule has 130 valence electrons. The molecule has 0 aliphatic carbocycles. The third-order valence-electron chi connectivity index (χ3n) is 3.18. The average Bonchev–Trinajstić information content (AvgIpc) is 2.89. The van der Waals surface area contributed by atoms with Gasteiger partial charge in [-0.05, 0) is 32.9 Å². The number of fused-ring (bicyclic) bond motifs is 1. The van der Waals surface area contributed by atoms with E-state index in [0.717, 1.165) is 10.6 Å². The fourth-order valence-electron chi connectivity index (χ4n) is 2.02. The van der Waals surface area contributed by atoms with Crippen molar-refractivity contribution in [2.24, 2.45) is 0 Å². The summed E-state index contributed by atoms with van der Waals surface area (Å²) in [4.78, 5) is 27.4. The lowest BCUT2D eigenvalue weighted by Crippen LogP contribution is -2.46. The van der Waals surface area contributed by atoms with E-state index in [9.17, 15) is 22.8 Å². The van der Waals surface area contributed by atoms with Crippen molar-refractivity contribution in [1.82, 2.24) is 20.0 Å². The van der Waals surface area contributed by atoms with Crippen molar-refractivity contribution in [2.45, 2.75) is 39.0 Å². The van der Waals surface area contributed by atoms with Crippen LogP contribution in [0.4, 0.5) is 13.2 Å². The minimum atomic E-state index is -4.56. The minimum absolute atomic E-state index is 0.0695. The Morgan fingerprint density at radius 2 is 1.79 bits per heavy atom. The van der Waals surface area contributed by atoms with Gasteiger partial charge in [-0.15, -0.1) is 0 Å². The van der Waals surface area contributed by atoms with Gasteiger partial charge in [-0.3, -0.25) is 9.59 Å². The lowest BCUT2D eigenvalue weighted by atomic mass is 10.2. The topological polar surface area (TPSA) is 75.5 Å². The number of hydrogen-bond donors (Lipinski definition) is 2. The van der Waals surface area contributed by atoms with Gasteiger partial charge < -0.3 is 15.0 Å². The van der Waals surface area contributed by atoms with E-state index < -0.39 is 23.8 Å². The number of nitrogens with one attached hydrogen (secondary N) is 2. The summed E-state index contributed by atoms with van der Waals surface area (Å²) in [5.41, 5.74) is -0.841. The first-order chi connectivity index (χ1) is 11.1. The SMILES string of the molecule is CC(C)NC(=O)C(C)NC(=O)c1ccc2nc(C(F)(F)F)cn2c1. The lowest BCUT2D eigenvalue weighted by molar-refractivity contribution is -0.140. The lowest BCUT2D eigenvalue weighted by Gasteiger charge is -2.16. The van der Waals surface area contributed by atoms with Crippen LogP contribution in [-0.2, 0) is 11.0 Å². The van der Waals surface area contributed by atoms with Crippen LogP contribution in [0.5, 0.6) is 0 Å². The molecule has 6 nitrogen and oxygen atoms in total. The van der Waals surface area contributed by atoms with Crippen LogP contribution >= 0.6 is 0 Å². The molecule has 2 amide bonds. The molecule has 0 fully saturated rings. The van der Waals surface area contributed by atoms with E-state index in [2.05, 4.69) is 15.6 Å². The first-order valence-electron chi connectivity index (χ1n) is 7.25. The Bertz CT molecular complexity index is 768. The molecule has 2 rings (SSSR count). The Kier molecular flexibility index (Phi) is 4.81. The number of alkyl halides is 3. The normalized spacial score (nSPS) is 13.1. The van der Waals surface area contributed by atoms with Crippen molar-refractivity contribution in [3.8, 4) is 0 Å². The van der Waals surface area contributed by atoms with Crippen LogP contribution < -0.4 is 10.6 Å². The molecule has 2 aromatic rings. The van der Waals surface area contributed by atoms with Crippen LogP contribution in [0.1, 0.15) is 36.8 Å². The van der Waals surface area contributed by atoms with E-state index in [4.69, 9.17) is 0 Å². The summed E-state index contributed by atoms with van der Waals surface area (Å²) in [7, 11) is 0. The third kappa shape index (κ3) is 4.03. The fourth-order valence-corrected chi connectivity index (χ4v) is 2.02. The van der Waals surface area contributed by atoms with Crippen molar-refractivity contribution in [3.63, 3.8) is 0 Å². The quantitative estimate of drug-likeness (QED) is 0.892. The molecule has 0 aromatic carbocycles. The van der Waals surface area contributed by atoms with Gasteiger partial charge in [0, 0.05) is 18.4 Å². The Hall–Kier alpha value is -2.58. The number of halogens is 3. The average molecular weight is 342 g/mol. The highest BCUT2D eigenvalue weighted by molar-refractivity contribution is 5.97. The summed E-state index contributed by atoms with van der Waals surface area (Å²) in [5.74, 6) is -0.910. The van der Waals surface area contributed by atoms with E-state index in [1.165, 1.54) is 25.3 Å². The molecule has 9 heteroatoms. The van der Waals surface area contributed by atoms with Crippen LogP contribution in [0.2, 0.25) is 0 Å². The summed E-state index contributed by atoms with van der Waals surface area (Å²) in [5, 5.41) is 5.15. The largest absolute Gasteiger partial charge is 0.434 e. The van der Waals surface area contributed by atoms with Gasteiger partial charge in [0.05, 0.1) is 5.56 Å². The van der Waals surface area contributed by atoms with E-state index in [1.54, 1.807) is 13.8 Å². The number of pyridine rings is 1. The number of rotatable bonds is 4. The first-order valence-corrected chi connectivity index (χ1v) is 7.25. The predicted octanol–water partition coefficient (Wildman–Crippen LogP) is 2.00. The van der Waals surface area contributed by atoms with Crippen LogP contribution in [0.3, 0.4) is 0 Å². The second kappa shape index (κ2) is 6.50. The van der Waals surface area contributed by atoms with Crippen LogP contribution in [0.15, 0.2) is 24.5 Å². The minimum Gasteiger partial charge on any atom is -0.352 e. The monoisotopic (exact) mass is 342 g/mol. The second-order valence-electron chi connectivity index (χ2n) is 5.67. The third-order valence-corrected chi connectivity index (χ3v) is 3.18. The number of carbonyl (C=O) groups is 2. The van der Waals surface area contributed by atoms with Crippen molar-refractivity contribution < 1.29 is 22.8 Å². The zero-order valence-corrected chi connectivity index (χ0v) is 13.3. The molecule has 0 radical (unpaired) electrons. The Morgan fingerprint density at radius 3 is 2.38 bits per heavy atom. The Balaban J connectivity index is 2.16. The van der Waals surface area contributed by atoms with Gasteiger partial charge in [-0.25, -0.2) is 4.98 Å². The van der Waals surface area contributed by atoms with Crippen LogP contribution in [0.25, 0.3) is 5.65 Å². The van der Waals surface area contributed by atoms with Crippen molar-refractivity contribution in [3.05, 3.63) is 35.8 Å². The van der Waals surface area contributed by atoms with Crippen LogP contribution in [0, 0.1) is 0 Å². The number of nitrogens with zero attached hydrogens (tertiary/aromatic N) is 2. The molecule has 24 heavy (non-hydrogen) atoms. The van der Waals surface area contributed by atoms with Crippen molar-refractivity contribution in [2.75, 3.05) is 0 Å². The molecule has 0 bridgehead atoms. The number of carbonyl (C=O) groups excluding carboxylic acids is 2. The van der Waals surface area contributed by atoms with E-state index >= 15 is 0 Å². The molecule has 0 saturated heterocycles. The van der Waals surface area contributed by atoms with Gasteiger partial charge in [0.2, 0.25) is 5.91 Å². The fraction of sp³-hybridized carbons (Fsp3) is 0.400. The standard InChI is InChI=1S/C15H17F3N4O2/c1-8(2)19-13(23)9(3)20-14(24)10-4-5-12-21-11(15(16,17)18)7-22(12)6-10/h4-9H,1-3H3,(H,19,23)(H,20,24). The number of aromatic nitrogens is 2. The first kappa shape index (κ1) is 17.8. The van der Waals surface area contributed by atoms with Gasteiger partial charge in [0.25, 0.3) is 5.91 Å². The Labute approximate surface area is 136 Å². The van der Waals surface area contributed by atoms with E-state index in [-0.39, 0.29) is 23.2 Å². The molecule has 0 saturated carbocycles.